The predicted molar refractivity (Wildman–Crippen MR) is 64.4 cm³/mol. The number of allylic oxidation sites excluding steroid dienone is 2. The van der Waals surface area contributed by atoms with Crippen LogP contribution in [0.25, 0.3) is 0 Å². The van der Waals surface area contributed by atoms with Crippen LogP contribution in [-0.4, -0.2) is 26.6 Å². The fraction of sp³-hybridized carbons (Fsp3) is 0.727. The second-order valence-corrected chi connectivity index (χ2v) is 6.63. The molecule has 1 fully saturated rings. The van der Waals surface area contributed by atoms with Crippen molar-refractivity contribution in [2.45, 2.75) is 19.3 Å². The summed E-state index contributed by atoms with van der Waals surface area (Å²) in [4.78, 5) is 11.8. The Bertz CT molecular complexity index is 430. The van der Waals surface area contributed by atoms with Gasteiger partial charge in [0.1, 0.15) is 0 Å². The topological polar surface area (TPSA) is 89.3 Å². The van der Waals surface area contributed by atoms with Crippen LogP contribution in [0, 0.1) is 17.8 Å². The van der Waals surface area contributed by atoms with Gasteiger partial charge in [-0.1, -0.05) is 12.2 Å². The number of primary sulfonamides is 1. The molecule has 3 N–H and O–H groups in total. The third kappa shape index (κ3) is 3.29. The summed E-state index contributed by atoms with van der Waals surface area (Å²) in [5.41, 5.74) is 0. The van der Waals surface area contributed by atoms with Gasteiger partial charge in [0.2, 0.25) is 15.9 Å². The maximum atomic E-state index is 11.8. The van der Waals surface area contributed by atoms with Crippen molar-refractivity contribution in [3.05, 3.63) is 12.2 Å². The lowest BCUT2D eigenvalue weighted by Gasteiger charge is -2.17. The Morgan fingerprint density at radius 1 is 1.35 bits per heavy atom. The van der Waals surface area contributed by atoms with Crippen molar-refractivity contribution in [2.75, 3.05) is 12.3 Å². The Labute approximate surface area is 101 Å². The fourth-order valence-corrected chi connectivity index (χ4v) is 3.24. The predicted octanol–water partition coefficient (Wildman–Crippen LogP) is -0.00660. The molecular formula is C11H18N2O3S. The van der Waals surface area contributed by atoms with Crippen molar-refractivity contribution in [3.63, 3.8) is 0 Å². The number of nitrogens with one attached hydrogen (secondary N) is 1. The molecule has 2 aliphatic carbocycles. The van der Waals surface area contributed by atoms with Crippen molar-refractivity contribution in [1.29, 1.82) is 0 Å². The highest BCUT2D eigenvalue weighted by Gasteiger charge is 2.39. The number of fused-ring (bicyclic) bond motifs is 2. The number of rotatable bonds is 5. The van der Waals surface area contributed by atoms with Crippen molar-refractivity contribution in [1.82, 2.24) is 5.32 Å². The zero-order valence-electron chi connectivity index (χ0n) is 9.63. The lowest BCUT2D eigenvalue weighted by molar-refractivity contribution is -0.125. The molecular weight excluding hydrogens is 240 g/mol. The minimum Gasteiger partial charge on any atom is -0.356 e. The van der Waals surface area contributed by atoms with E-state index in [4.69, 9.17) is 5.14 Å². The molecule has 2 aliphatic rings. The molecule has 17 heavy (non-hydrogen) atoms. The van der Waals surface area contributed by atoms with Gasteiger partial charge in [0.25, 0.3) is 0 Å². The number of carbonyl (C=O) groups excluding carboxylic acids is 1. The molecule has 2 rings (SSSR count). The quantitative estimate of drug-likeness (QED) is 0.537. The molecule has 0 aromatic carbocycles. The van der Waals surface area contributed by atoms with E-state index >= 15 is 0 Å². The Morgan fingerprint density at radius 3 is 2.65 bits per heavy atom. The van der Waals surface area contributed by atoms with Crippen LogP contribution in [0.4, 0.5) is 0 Å². The molecule has 3 unspecified atom stereocenters. The zero-order valence-corrected chi connectivity index (χ0v) is 10.4. The second kappa shape index (κ2) is 4.78. The first kappa shape index (κ1) is 12.6. The highest BCUT2D eigenvalue weighted by molar-refractivity contribution is 7.89. The Kier molecular flexibility index (Phi) is 3.53. The van der Waals surface area contributed by atoms with Crippen LogP contribution in [-0.2, 0) is 14.8 Å². The molecule has 0 radical (unpaired) electrons. The Hall–Kier alpha value is -0.880. The maximum absolute atomic E-state index is 11.8. The van der Waals surface area contributed by atoms with Crippen molar-refractivity contribution >= 4 is 15.9 Å². The van der Waals surface area contributed by atoms with Gasteiger partial charge in [-0.2, -0.15) is 0 Å². The van der Waals surface area contributed by atoms with E-state index < -0.39 is 10.0 Å². The number of carbonyl (C=O) groups is 1. The van der Waals surface area contributed by atoms with Crippen LogP contribution >= 0.6 is 0 Å². The third-order valence-corrected chi connectivity index (χ3v) is 4.38. The average molecular weight is 258 g/mol. The van der Waals surface area contributed by atoms with Gasteiger partial charge in [0.05, 0.1) is 5.75 Å². The van der Waals surface area contributed by atoms with E-state index in [1.54, 1.807) is 0 Å². The molecule has 6 heteroatoms. The highest BCUT2D eigenvalue weighted by atomic mass is 32.2. The van der Waals surface area contributed by atoms with E-state index in [9.17, 15) is 13.2 Å². The highest BCUT2D eigenvalue weighted by Crippen LogP contribution is 2.43. The molecule has 0 aromatic heterocycles. The summed E-state index contributed by atoms with van der Waals surface area (Å²) in [5.74, 6) is 1.01. The number of amides is 1. The molecule has 2 bridgehead atoms. The Morgan fingerprint density at radius 2 is 2.12 bits per heavy atom. The minimum absolute atomic E-state index is 0.0521. The molecule has 0 spiro atoms. The number of hydrogen-bond acceptors (Lipinski definition) is 3. The van der Waals surface area contributed by atoms with Crippen LogP contribution < -0.4 is 10.5 Å². The molecule has 0 heterocycles. The minimum atomic E-state index is -3.41. The maximum Gasteiger partial charge on any atom is 0.223 e. The van der Waals surface area contributed by atoms with Crippen LogP contribution in [0.1, 0.15) is 19.3 Å². The van der Waals surface area contributed by atoms with Gasteiger partial charge < -0.3 is 5.32 Å². The van der Waals surface area contributed by atoms with E-state index in [1.807, 2.05) is 0 Å². The lowest BCUT2D eigenvalue weighted by Crippen LogP contribution is -2.34. The summed E-state index contributed by atoms with van der Waals surface area (Å²) in [5, 5.41) is 7.66. The first-order chi connectivity index (χ1) is 7.96. The number of nitrogens with two attached hydrogens (primary N) is 1. The summed E-state index contributed by atoms with van der Waals surface area (Å²) < 4.78 is 21.4. The summed E-state index contributed by atoms with van der Waals surface area (Å²) in [6, 6.07) is 0. The van der Waals surface area contributed by atoms with Gasteiger partial charge in [0, 0.05) is 12.5 Å². The van der Waals surface area contributed by atoms with Gasteiger partial charge in [-0.05, 0) is 31.1 Å². The Balaban J connectivity index is 1.70. The van der Waals surface area contributed by atoms with E-state index in [2.05, 4.69) is 17.5 Å². The molecule has 0 saturated heterocycles. The van der Waals surface area contributed by atoms with Gasteiger partial charge >= 0.3 is 0 Å². The lowest BCUT2D eigenvalue weighted by atomic mass is 9.93. The first-order valence-corrected chi connectivity index (χ1v) is 7.64. The second-order valence-electron chi connectivity index (χ2n) is 4.90. The SMILES string of the molecule is NS(=O)(=O)CCCNC(=O)C1CC2C=CC1C2. The molecule has 1 saturated carbocycles. The van der Waals surface area contributed by atoms with Crippen molar-refractivity contribution in [2.24, 2.45) is 22.9 Å². The molecule has 0 aromatic rings. The standard InChI is InChI=1S/C11H18N2O3S/c12-17(15,16)5-1-4-13-11(14)10-7-8-2-3-9(10)6-8/h2-3,8-10H,1,4-7H2,(H,13,14)(H2,12,15,16). The normalized spacial score (nSPS) is 30.8. The van der Waals surface area contributed by atoms with E-state index in [1.165, 1.54) is 0 Å². The summed E-state index contributed by atoms with van der Waals surface area (Å²) >= 11 is 0. The van der Waals surface area contributed by atoms with E-state index in [0.29, 0.717) is 24.8 Å². The summed E-state index contributed by atoms with van der Waals surface area (Å²) in [6.07, 6.45) is 6.72. The monoisotopic (exact) mass is 258 g/mol. The van der Waals surface area contributed by atoms with Crippen LogP contribution in [0.2, 0.25) is 0 Å². The van der Waals surface area contributed by atoms with Crippen molar-refractivity contribution < 1.29 is 13.2 Å². The molecule has 96 valence electrons. The fourth-order valence-electron chi connectivity index (χ4n) is 2.70. The van der Waals surface area contributed by atoms with Crippen LogP contribution in [0.5, 0.6) is 0 Å². The number of hydrogen-bond donors (Lipinski definition) is 2. The third-order valence-electron chi connectivity index (χ3n) is 3.52. The summed E-state index contributed by atoms with van der Waals surface area (Å²) in [7, 11) is -3.41. The van der Waals surface area contributed by atoms with Gasteiger partial charge in [-0.15, -0.1) is 0 Å². The molecule has 5 nitrogen and oxygen atoms in total. The van der Waals surface area contributed by atoms with Gasteiger partial charge in [-0.3, -0.25) is 4.79 Å². The largest absolute Gasteiger partial charge is 0.356 e. The average Bonchev–Trinajstić information content (AvgIpc) is 2.84. The molecule has 0 aliphatic heterocycles. The molecule has 3 atom stereocenters. The summed E-state index contributed by atoms with van der Waals surface area (Å²) in [6.45, 7) is 0.382. The van der Waals surface area contributed by atoms with Gasteiger partial charge in [0.15, 0.2) is 0 Å². The van der Waals surface area contributed by atoms with E-state index in [-0.39, 0.29) is 17.6 Å². The van der Waals surface area contributed by atoms with Crippen LogP contribution in [0.3, 0.4) is 0 Å². The van der Waals surface area contributed by atoms with Crippen LogP contribution in [0.15, 0.2) is 12.2 Å². The van der Waals surface area contributed by atoms with E-state index in [0.717, 1.165) is 12.8 Å². The van der Waals surface area contributed by atoms with Crippen molar-refractivity contribution in [3.8, 4) is 0 Å². The zero-order chi connectivity index (χ0) is 12.5. The molecule has 1 amide bonds. The van der Waals surface area contributed by atoms with Gasteiger partial charge in [-0.25, -0.2) is 13.6 Å². The first-order valence-electron chi connectivity index (χ1n) is 5.92. The number of sulfonamides is 1. The smallest absolute Gasteiger partial charge is 0.223 e.